The monoisotopic (exact) mass is 984 g/mol. The lowest BCUT2D eigenvalue weighted by molar-refractivity contribution is 0.589. The Morgan fingerprint density at radius 2 is 0.932 bits per heavy atom. The summed E-state index contributed by atoms with van der Waals surface area (Å²) >= 11 is 2.01. The molecule has 0 unspecified atom stereocenters. The number of benzene rings is 8. The molecule has 0 atom stereocenters. The van der Waals surface area contributed by atoms with Crippen molar-refractivity contribution in [3.8, 4) is 11.1 Å². The molecular weight excluding hydrogens is 914 g/mol. The molecule has 0 amide bonds. The second-order valence-corrected chi connectivity index (χ2v) is 27.1. The maximum atomic E-state index is 2.67. The van der Waals surface area contributed by atoms with Crippen molar-refractivity contribution >= 4 is 95.0 Å². The van der Waals surface area contributed by atoms with Crippen molar-refractivity contribution in [1.82, 2.24) is 0 Å². The minimum absolute atomic E-state index is 0.0218. The second kappa shape index (κ2) is 16.6. The molecule has 370 valence electrons. The predicted octanol–water partition coefficient (Wildman–Crippen LogP) is 17.9. The topological polar surface area (TPSA) is 9.72 Å². The van der Waals surface area contributed by atoms with E-state index in [9.17, 15) is 0 Å². The summed E-state index contributed by atoms with van der Waals surface area (Å²) in [6.45, 7) is 32.9. The van der Waals surface area contributed by atoms with Gasteiger partial charge in [0.2, 0.25) is 0 Å². The number of para-hydroxylation sites is 2. The molecule has 0 fully saturated rings. The van der Waals surface area contributed by atoms with Gasteiger partial charge in [-0.1, -0.05) is 176 Å². The van der Waals surface area contributed by atoms with Gasteiger partial charge in [0, 0.05) is 65.8 Å². The van der Waals surface area contributed by atoms with Crippen LogP contribution in [0.2, 0.25) is 0 Å². The fourth-order valence-electron chi connectivity index (χ4n) is 12.1. The van der Waals surface area contributed by atoms with Crippen LogP contribution in [0.5, 0.6) is 0 Å². The van der Waals surface area contributed by atoms with Crippen molar-refractivity contribution in [1.29, 1.82) is 0 Å². The van der Waals surface area contributed by atoms with Gasteiger partial charge >= 0.3 is 0 Å². The molecule has 2 aliphatic heterocycles. The molecule has 3 nitrogen and oxygen atoms in total. The van der Waals surface area contributed by atoms with E-state index in [0.717, 1.165) is 17.1 Å². The molecule has 9 aromatic rings. The maximum Gasteiger partial charge on any atom is 0.264 e. The highest BCUT2D eigenvalue weighted by Crippen LogP contribution is 2.55. The first-order chi connectivity index (χ1) is 35.0. The Morgan fingerprint density at radius 1 is 0.432 bits per heavy atom. The van der Waals surface area contributed by atoms with Gasteiger partial charge in [-0.3, -0.25) is 0 Å². The van der Waals surface area contributed by atoms with Crippen molar-refractivity contribution < 1.29 is 0 Å². The smallest absolute Gasteiger partial charge is 0.264 e. The second-order valence-electron chi connectivity index (χ2n) is 26.0. The molecule has 12 rings (SSSR count). The van der Waals surface area contributed by atoms with Crippen LogP contribution in [0.3, 0.4) is 0 Å². The number of nitrogens with zero attached hydrogens (tertiary/aromatic N) is 3. The van der Waals surface area contributed by atoms with E-state index < -0.39 is 0 Å². The summed E-state index contributed by atoms with van der Waals surface area (Å²) in [5.74, 6) is 0. The first-order valence-corrected chi connectivity index (χ1v) is 27.6. The Balaban J connectivity index is 1.13. The largest absolute Gasteiger partial charge is 0.311 e. The lowest BCUT2D eigenvalue weighted by atomic mass is 9.36. The van der Waals surface area contributed by atoms with Crippen LogP contribution >= 0.6 is 11.3 Å². The normalized spacial score (nSPS) is 14.6. The van der Waals surface area contributed by atoms with E-state index >= 15 is 0 Å². The zero-order valence-corrected chi connectivity index (χ0v) is 46.8. The van der Waals surface area contributed by atoms with Gasteiger partial charge in [-0.2, -0.15) is 0 Å². The summed E-state index contributed by atoms with van der Waals surface area (Å²) in [5.41, 5.74) is 24.1. The molecule has 3 aliphatic rings. The maximum absolute atomic E-state index is 2.67. The van der Waals surface area contributed by atoms with E-state index in [1.807, 2.05) is 11.3 Å². The molecule has 0 bridgehead atoms. The molecule has 0 saturated heterocycles. The molecule has 0 saturated carbocycles. The van der Waals surface area contributed by atoms with Crippen LogP contribution < -0.4 is 30.4 Å². The average Bonchev–Trinajstić information content (AvgIpc) is 3.83. The first kappa shape index (κ1) is 48.1. The van der Waals surface area contributed by atoms with Gasteiger partial charge in [0.05, 0.1) is 5.69 Å². The van der Waals surface area contributed by atoms with Gasteiger partial charge in [-0.25, -0.2) is 0 Å². The Labute approximate surface area is 445 Å². The van der Waals surface area contributed by atoms with Gasteiger partial charge < -0.3 is 14.7 Å². The quantitative estimate of drug-likeness (QED) is 0.159. The Kier molecular flexibility index (Phi) is 10.8. The van der Waals surface area contributed by atoms with Crippen LogP contribution in [-0.2, 0) is 27.1 Å². The van der Waals surface area contributed by atoms with E-state index in [-0.39, 0.29) is 33.8 Å². The summed E-state index contributed by atoms with van der Waals surface area (Å²) in [7, 11) is 0. The summed E-state index contributed by atoms with van der Waals surface area (Å²) in [5, 5.41) is 1.31. The molecule has 0 N–H and O–H groups in total. The summed E-state index contributed by atoms with van der Waals surface area (Å²) in [6, 6.07) is 65.3. The van der Waals surface area contributed by atoms with Crippen molar-refractivity contribution in [2.24, 2.45) is 0 Å². The van der Waals surface area contributed by atoms with Gasteiger partial charge in [0.15, 0.2) is 0 Å². The summed E-state index contributed by atoms with van der Waals surface area (Å²) in [4.78, 5) is 7.65. The number of thiophene rings is 1. The number of hydrogen-bond donors (Lipinski definition) is 0. The predicted molar refractivity (Wildman–Crippen MR) is 323 cm³/mol. The standard InChI is InChI=1S/C69H70BN3S/c1-65(2,3)43-25-30-49(31-26-43)72-58-36-29-45(67(7,8)9)37-57(58)70-62-59(72)38-46(68(10,11)12)39-60(62)73(50-32-27-44(28-33-50)66(4,5)6)63-54-41-53-52-35-34-51(40-55(52)69(13,14)56(53)42-61(54)74-64(63)70)71(47-21-17-15-18-22-47)48-23-19-16-20-24-48/h15-42H,1-14H3. The van der Waals surface area contributed by atoms with Crippen LogP contribution in [0.25, 0.3) is 21.2 Å². The van der Waals surface area contributed by atoms with E-state index in [1.54, 1.807) is 0 Å². The van der Waals surface area contributed by atoms with Crippen molar-refractivity contribution in [3.05, 3.63) is 203 Å². The van der Waals surface area contributed by atoms with Gasteiger partial charge in [0.25, 0.3) is 6.71 Å². The molecule has 1 aliphatic carbocycles. The molecular formula is C69H70BN3S. The number of fused-ring (bicyclic) bond motifs is 9. The summed E-state index contributed by atoms with van der Waals surface area (Å²) in [6.07, 6.45) is 0. The van der Waals surface area contributed by atoms with Crippen LogP contribution in [-0.4, -0.2) is 6.71 Å². The van der Waals surface area contributed by atoms with Crippen LogP contribution in [0, 0.1) is 0 Å². The number of anilines is 9. The third-order valence-electron chi connectivity index (χ3n) is 16.4. The lowest BCUT2D eigenvalue weighted by Gasteiger charge is -2.44. The third kappa shape index (κ3) is 7.66. The fraction of sp³-hybridized carbons (Fsp3) is 0.275. The Bertz CT molecular complexity index is 3630. The molecule has 5 heteroatoms. The molecule has 1 aromatic heterocycles. The zero-order chi connectivity index (χ0) is 52.0. The van der Waals surface area contributed by atoms with E-state index in [2.05, 4.69) is 281 Å². The average molecular weight is 984 g/mol. The number of hydrogen-bond acceptors (Lipinski definition) is 4. The Morgan fingerprint density at radius 3 is 1.47 bits per heavy atom. The summed E-state index contributed by atoms with van der Waals surface area (Å²) < 4.78 is 2.74. The van der Waals surface area contributed by atoms with Crippen LogP contribution in [0.15, 0.2) is 170 Å². The third-order valence-corrected chi connectivity index (χ3v) is 17.6. The molecule has 74 heavy (non-hydrogen) atoms. The molecule has 3 heterocycles. The molecule has 8 aromatic carbocycles. The minimum atomic E-state index is -0.235. The van der Waals surface area contributed by atoms with Crippen molar-refractivity contribution in [2.45, 2.75) is 124 Å². The van der Waals surface area contributed by atoms with Crippen molar-refractivity contribution in [2.75, 3.05) is 14.7 Å². The van der Waals surface area contributed by atoms with E-state index in [0.29, 0.717) is 0 Å². The highest BCUT2D eigenvalue weighted by atomic mass is 32.1. The van der Waals surface area contributed by atoms with Crippen LogP contribution in [0.1, 0.15) is 130 Å². The SMILES string of the molecule is CC(C)(C)c1ccc(N2c3ccc(C(C)(C)C)cc3B3c4sc5cc6c(cc5c4N(c4ccc(C(C)(C)C)cc4)c4cc(C(C)(C)C)cc2c43)-c2ccc(N(c3ccccc3)c3ccccc3)cc2C6(C)C)cc1. The molecule has 0 radical (unpaired) electrons. The van der Waals surface area contributed by atoms with E-state index in [1.165, 1.54) is 104 Å². The highest BCUT2D eigenvalue weighted by molar-refractivity contribution is 7.33. The van der Waals surface area contributed by atoms with Crippen molar-refractivity contribution in [3.63, 3.8) is 0 Å². The highest BCUT2D eigenvalue weighted by Gasteiger charge is 2.47. The first-order valence-electron chi connectivity index (χ1n) is 26.8. The number of rotatable bonds is 5. The van der Waals surface area contributed by atoms with Gasteiger partial charge in [0.1, 0.15) is 0 Å². The van der Waals surface area contributed by atoms with Crippen LogP contribution in [0.4, 0.5) is 51.2 Å². The lowest BCUT2D eigenvalue weighted by Crippen LogP contribution is -2.60. The van der Waals surface area contributed by atoms with E-state index in [4.69, 9.17) is 0 Å². The molecule has 0 spiro atoms. The van der Waals surface area contributed by atoms with Gasteiger partial charge in [-0.05, 0) is 168 Å². The fourth-order valence-corrected chi connectivity index (χ4v) is 13.4. The minimum Gasteiger partial charge on any atom is -0.311 e. The Hall–Kier alpha value is -6.82. The zero-order valence-electron chi connectivity index (χ0n) is 46.0. The van der Waals surface area contributed by atoms with Gasteiger partial charge in [-0.15, -0.1) is 11.3 Å².